The van der Waals surface area contributed by atoms with Gasteiger partial charge in [-0.1, -0.05) is 6.07 Å². The number of likely N-dealkylation sites (tertiary alicyclic amines) is 1. The zero-order valence-corrected chi connectivity index (χ0v) is 16.2. The monoisotopic (exact) mass is 408 g/mol. The average Bonchev–Trinajstić information content (AvgIpc) is 2.89. The quantitative estimate of drug-likeness (QED) is 0.320. The summed E-state index contributed by atoms with van der Waals surface area (Å²) in [4.78, 5) is 0. The van der Waals surface area contributed by atoms with Gasteiger partial charge in [0.1, 0.15) is 0 Å². The highest BCUT2D eigenvalue weighted by atomic mass is 32.3. The number of benzene rings is 1. The number of likely N-dealkylation sites (N-methyl/N-ethyl adjacent to an activating group) is 1. The van der Waals surface area contributed by atoms with E-state index < -0.39 is 26.0 Å². The molecule has 2 aliphatic rings. The Morgan fingerprint density at radius 2 is 1.88 bits per heavy atom. The summed E-state index contributed by atoms with van der Waals surface area (Å²) in [6, 6.07) is 5.49. The van der Waals surface area contributed by atoms with Gasteiger partial charge in [-0.3, -0.25) is 8.42 Å². The molecule has 3 N–H and O–H groups in total. The second-order valence-electron chi connectivity index (χ2n) is 6.97. The van der Waals surface area contributed by atoms with E-state index in [9.17, 15) is 13.5 Å². The van der Waals surface area contributed by atoms with Crippen molar-refractivity contribution < 1.29 is 35.5 Å². The van der Waals surface area contributed by atoms with Gasteiger partial charge in [-0.25, -0.2) is 13.1 Å². The van der Waals surface area contributed by atoms with Crippen molar-refractivity contribution in [1.29, 1.82) is 0 Å². The summed E-state index contributed by atoms with van der Waals surface area (Å²) < 4.78 is 60.5. The van der Waals surface area contributed by atoms with Crippen molar-refractivity contribution in [2.45, 2.75) is 23.9 Å². The predicted molar refractivity (Wildman–Crippen MR) is 91.5 cm³/mol. The third kappa shape index (κ3) is 4.52. The SMILES string of the molecule is CNS(=O)(=O)Cc1ccc2c(c1)C1(O)CC[N+](C)(C)C1N2.O=S(=O)([O-])[O-]. The van der Waals surface area contributed by atoms with Crippen molar-refractivity contribution >= 4 is 26.1 Å². The molecule has 0 spiro atoms. The number of hydrogen-bond acceptors (Lipinski definition) is 8. The maximum Gasteiger partial charge on any atom is 0.215 e. The van der Waals surface area contributed by atoms with E-state index in [2.05, 4.69) is 24.1 Å². The van der Waals surface area contributed by atoms with E-state index >= 15 is 0 Å². The number of quaternary nitrogens is 1. The van der Waals surface area contributed by atoms with E-state index in [0.717, 1.165) is 17.8 Å². The van der Waals surface area contributed by atoms with Gasteiger partial charge in [-0.15, -0.1) is 0 Å². The molecule has 12 heteroatoms. The Bertz CT molecular complexity index is 891. The first-order chi connectivity index (χ1) is 11.7. The smallest absolute Gasteiger partial charge is 0.215 e. The van der Waals surface area contributed by atoms with Crippen LogP contribution < -0.4 is 10.0 Å². The molecule has 0 amide bonds. The number of fused-ring (bicyclic) bond motifs is 3. The van der Waals surface area contributed by atoms with E-state index in [0.29, 0.717) is 16.5 Å². The molecule has 0 aliphatic carbocycles. The fourth-order valence-electron chi connectivity index (χ4n) is 3.48. The molecule has 0 saturated carbocycles. The summed E-state index contributed by atoms with van der Waals surface area (Å²) in [5.74, 6) is -0.0736. The molecule has 3 rings (SSSR count). The first-order valence-corrected chi connectivity index (χ1v) is 10.7. The van der Waals surface area contributed by atoms with Gasteiger partial charge in [0.15, 0.2) is 11.8 Å². The number of hydrogen-bond donors (Lipinski definition) is 3. The third-order valence-electron chi connectivity index (χ3n) is 4.73. The van der Waals surface area contributed by atoms with Crippen LogP contribution in [0.5, 0.6) is 0 Å². The van der Waals surface area contributed by atoms with Gasteiger partial charge < -0.3 is 24.0 Å². The van der Waals surface area contributed by atoms with Crippen LogP contribution in [0.15, 0.2) is 18.2 Å². The number of aliphatic hydroxyl groups is 1. The number of rotatable bonds is 3. The van der Waals surface area contributed by atoms with E-state index in [1.54, 1.807) is 6.07 Å². The van der Waals surface area contributed by atoms with Crippen LogP contribution in [0.3, 0.4) is 0 Å². The molecule has 2 atom stereocenters. The fourth-order valence-corrected chi connectivity index (χ4v) is 4.25. The number of sulfonamides is 1. The largest absolute Gasteiger partial charge is 0.759 e. The molecule has 2 unspecified atom stereocenters. The Balaban J connectivity index is 0.000000431. The molecular formula is C14H22N3O7S2-. The van der Waals surface area contributed by atoms with Gasteiger partial charge in [-0.05, 0) is 24.7 Å². The van der Waals surface area contributed by atoms with Gasteiger partial charge in [-0.2, -0.15) is 0 Å². The van der Waals surface area contributed by atoms with Crippen molar-refractivity contribution in [3.05, 3.63) is 29.3 Å². The fraction of sp³-hybridized carbons (Fsp3) is 0.571. The van der Waals surface area contributed by atoms with Crippen molar-refractivity contribution in [2.24, 2.45) is 0 Å². The molecule has 0 bridgehead atoms. The van der Waals surface area contributed by atoms with E-state index in [1.807, 2.05) is 12.1 Å². The molecule has 1 saturated heterocycles. The molecule has 2 aliphatic heterocycles. The van der Waals surface area contributed by atoms with E-state index in [-0.39, 0.29) is 11.9 Å². The highest BCUT2D eigenvalue weighted by molar-refractivity contribution is 7.88. The summed E-state index contributed by atoms with van der Waals surface area (Å²) in [7, 11) is -2.89. The van der Waals surface area contributed by atoms with Crippen LogP contribution in [0.2, 0.25) is 0 Å². The van der Waals surface area contributed by atoms with E-state index in [1.165, 1.54) is 7.05 Å². The minimum absolute atomic E-state index is 0.0736. The Morgan fingerprint density at radius 1 is 1.31 bits per heavy atom. The van der Waals surface area contributed by atoms with Crippen LogP contribution in [-0.2, 0) is 31.8 Å². The lowest BCUT2D eigenvalue weighted by Gasteiger charge is -2.33. The lowest BCUT2D eigenvalue weighted by molar-refractivity contribution is -0.902. The summed E-state index contributed by atoms with van der Waals surface area (Å²) in [5.41, 5.74) is 1.49. The van der Waals surface area contributed by atoms with Crippen LogP contribution in [0.1, 0.15) is 17.5 Å². The molecule has 26 heavy (non-hydrogen) atoms. The lowest BCUT2D eigenvalue weighted by atomic mass is 9.92. The average molecular weight is 408 g/mol. The maximum absolute atomic E-state index is 11.7. The standard InChI is InChI=1S/C14H22N3O3S.H2O4S/c1-15-21(19,20)9-10-4-5-12-11(8-10)14(18)6-7-17(2,3)13(14)16-12;1-5(2,3)4/h4-5,8,13,15-16,18H,6-7,9H2,1-3H3;(H2,1,2,3,4)/q+1;/p-2. The first-order valence-electron chi connectivity index (χ1n) is 7.71. The summed E-state index contributed by atoms with van der Waals surface area (Å²) in [6.07, 6.45) is 0.594. The summed E-state index contributed by atoms with van der Waals surface area (Å²) >= 11 is 0. The number of nitrogens with zero attached hydrogens (tertiary/aromatic N) is 1. The van der Waals surface area contributed by atoms with Crippen molar-refractivity contribution in [1.82, 2.24) is 4.72 Å². The highest BCUT2D eigenvalue weighted by Crippen LogP contribution is 2.48. The Hall–Kier alpha value is -1.28. The number of anilines is 1. The molecule has 1 aromatic carbocycles. The zero-order valence-electron chi connectivity index (χ0n) is 14.6. The van der Waals surface area contributed by atoms with Crippen LogP contribution in [0.25, 0.3) is 0 Å². The van der Waals surface area contributed by atoms with Crippen molar-refractivity contribution in [2.75, 3.05) is 33.0 Å². The second kappa shape index (κ2) is 6.71. The highest BCUT2D eigenvalue weighted by Gasteiger charge is 2.59. The molecule has 0 radical (unpaired) electrons. The van der Waals surface area contributed by atoms with Gasteiger partial charge in [0.05, 0.1) is 26.4 Å². The lowest BCUT2D eigenvalue weighted by Crippen LogP contribution is -2.52. The minimum atomic E-state index is -5.17. The molecule has 2 heterocycles. The van der Waals surface area contributed by atoms with Crippen LogP contribution >= 0.6 is 0 Å². The van der Waals surface area contributed by atoms with Gasteiger partial charge >= 0.3 is 0 Å². The Morgan fingerprint density at radius 3 is 2.42 bits per heavy atom. The number of nitrogens with one attached hydrogen (secondary N) is 2. The molecule has 0 aromatic heterocycles. The van der Waals surface area contributed by atoms with Crippen molar-refractivity contribution in [3.8, 4) is 0 Å². The maximum atomic E-state index is 11.7. The molecule has 148 valence electrons. The summed E-state index contributed by atoms with van der Waals surface area (Å²) in [6.45, 7) is 0.882. The Kier molecular flexibility index (Phi) is 5.43. The minimum Gasteiger partial charge on any atom is -0.759 e. The van der Waals surface area contributed by atoms with Crippen LogP contribution in [-0.4, -0.2) is 69.4 Å². The second-order valence-corrected chi connectivity index (χ2v) is 9.72. The molecule has 10 nitrogen and oxygen atoms in total. The zero-order chi connectivity index (χ0) is 20.0. The first kappa shape index (κ1) is 21.0. The molecule has 1 aromatic rings. The normalized spacial score (nSPS) is 26.3. The molecule has 1 fully saturated rings. The van der Waals surface area contributed by atoms with E-state index in [4.69, 9.17) is 17.5 Å². The van der Waals surface area contributed by atoms with Crippen molar-refractivity contribution in [3.63, 3.8) is 0 Å². The topological polar surface area (TPSA) is 159 Å². The molecular weight excluding hydrogens is 386 g/mol. The van der Waals surface area contributed by atoms with Gasteiger partial charge in [0.25, 0.3) is 0 Å². The predicted octanol–water partition coefficient (Wildman–Crippen LogP) is -1.18. The van der Waals surface area contributed by atoms with Crippen LogP contribution in [0.4, 0.5) is 5.69 Å². The van der Waals surface area contributed by atoms with Gasteiger partial charge in [0, 0.05) is 28.1 Å². The third-order valence-corrected chi connectivity index (χ3v) is 6.07. The van der Waals surface area contributed by atoms with Gasteiger partial charge in [0.2, 0.25) is 10.0 Å². The Labute approximate surface area is 153 Å². The van der Waals surface area contributed by atoms with Crippen LogP contribution in [0, 0.1) is 0 Å². The summed E-state index contributed by atoms with van der Waals surface area (Å²) in [5, 5.41) is 14.4.